The monoisotopic (exact) mass is 612 g/mol. The summed E-state index contributed by atoms with van der Waals surface area (Å²) in [6.07, 6.45) is 1.26. The van der Waals surface area contributed by atoms with Crippen LogP contribution in [0.3, 0.4) is 0 Å². The number of aromatic amines is 1. The number of rotatable bonds is 13. The molecule has 0 aliphatic carbocycles. The number of fused-ring (bicyclic) bond motifs is 1. The molecule has 5 N–H and O–H groups in total. The van der Waals surface area contributed by atoms with E-state index in [1.165, 1.54) is 19.1 Å². The molecular formula is C34H36N4O7. The molecule has 4 atom stereocenters. The number of para-hydroxylation sites is 1. The molecule has 11 heteroatoms. The smallest absolute Gasteiger partial charge is 0.408 e. The Morgan fingerprint density at radius 2 is 1.53 bits per heavy atom. The van der Waals surface area contributed by atoms with Crippen LogP contribution in [0.2, 0.25) is 0 Å². The third-order valence-corrected chi connectivity index (χ3v) is 7.78. The first-order chi connectivity index (χ1) is 21.6. The Labute approximate surface area is 260 Å². The van der Waals surface area contributed by atoms with Crippen LogP contribution in [0.25, 0.3) is 10.9 Å². The molecule has 2 heterocycles. The summed E-state index contributed by atoms with van der Waals surface area (Å²) in [5.74, 6) is -1.40. The van der Waals surface area contributed by atoms with Gasteiger partial charge in [0.05, 0.1) is 12.6 Å². The van der Waals surface area contributed by atoms with E-state index < -0.39 is 41.6 Å². The van der Waals surface area contributed by atoms with Gasteiger partial charge in [-0.05, 0) is 55.2 Å². The highest BCUT2D eigenvalue weighted by molar-refractivity contribution is 5.98. The van der Waals surface area contributed by atoms with Crippen molar-refractivity contribution >= 4 is 34.6 Å². The van der Waals surface area contributed by atoms with Crippen molar-refractivity contribution in [2.24, 2.45) is 0 Å². The molecule has 0 spiro atoms. The van der Waals surface area contributed by atoms with Crippen molar-refractivity contribution < 1.29 is 33.8 Å². The number of aromatic nitrogens is 1. The number of aromatic hydroxyl groups is 1. The molecular weight excluding hydrogens is 576 g/mol. The standard InChI is InChI=1S/C34H36N4O7/c1-21(36-33(43)44-19-23-8-4-3-5-9-23)31(41)38-29(17-24-18-35-27-11-7-6-10-26(24)27)32(42)37-28(30(40)34(2)20-45-34)16-22-12-14-25(39)15-13-22/h3-15,18,21,28-29,35,39H,16-17,19-20H2,1-2H3,(H,36,43)(H,37,42)(H,38,41)/t21?,28?,29-,34?/m0/s1. The molecule has 3 unspecified atom stereocenters. The summed E-state index contributed by atoms with van der Waals surface area (Å²) in [4.78, 5) is 56.2. The summed E-state index contributed by atoms with van der Waals surface area (Å²) in [5.41, 5.74) is 2.16. The Balaban J connectivity index is 1.31. The maximum Gasteiger partial charge on any atom is 0.408 e. The van der Waals surface area contributed by atoms with Crippen molar-refractivity contribution in [1.82, 2.24) is 20.9 Å². The summed E-state index contributed by atoms with van der Waals surface area (Å²) in [7, 11) is 0. The van der Waals surface area contributed by atoms with Gasteiger partial charge in [-0.3, -0.25) is 14.4 Å². The van der Waals surface area contributed by atoms with Crippen molar-refractivity contribution in [2.45, 2.75) is 57.0 Å². The minimum absolute atomic E-state index is 0.0334. The van der Waals surface area contributed by atoms with E-state index in [0.717, 1.165) is 27.6 Å². The van der Waals surface area contributed by atoms with Crippen LogP contribution in [0.15, 0.2) is 85.1 Å². The van der Waals surface area contributed by atoms with Crippen LogP contribution in [-0.2, 0) is 43.3 Å². The van der Waals surface area contributed by atoms with Crippen LogP contribution in [0.5, 0.6) is 5.75 Å². The molecule has 1 saturated heterocycles. The second kappa shape index (κ2) is 13.6. The second-order valence-corrected chi connectivity index (χ2v) is 11.4. The van der Waals surface area contributed by atoms with Gasteiger partial charge in [-0.25, -0.2) is 4.79 Å². The molecule has 4 aromatic rings. The molecule has 1 fully saturated rings. The number of carbonyl (C=O) groups is 4. The number of benzene rings is 3. The number of nitrogens with one attached hydrogen (secondary N) is 4. The summed E-state index contributed by atoms with van der Waals surface area (Å²) < 4.78 is 10.6. The zero-order chi connectivity index (χ0) is 32.0. The number of ketones is 1. The number of alkyl carbamates (subject to hydrolysis) is 1. The van der Waals surface area contributed by atoms with Crippen LogP contribution < -0.4 is 16.0 Å². The van der Waals surface area contributed by atoms with Gasteiger partial charge in [0.2, 0.25) is 11.8 Å². The van der Waals surface area contributed by atoms with Crippen molar-refractivity contribution in [3.63, 3.8) is 0 Å². The Morgan fingerprint density at radius 3 is 2.24 bits per heavy atom. The van der Waals surface area contributed by atoms with Crippen LogP contribution in [0.1, 0.15) is 30.5 Å². The topological polar surface area (TPSA) is 162 Å². The highest BCUT2D eigenvalue weighted by Crippen LogP contribution is 2.29. The Bertz CT molecular complexity index is 1660. The summed E-state index contributed by atoms with van der Waals surface area (Å²) in [6, 6.07) is 20.0. The van der Waals surface area contributed by atoms with Gasteiger partial charge in [-0.2, -0.15) is 0 Å². The molecule has 1 aromatic heterocycles. The minimum Gasteiger partial charge on any atom is -0.508 e. The van der Waals surface area contributed by atoms with Crippen molar-refractivity contribution in [2.75, 3.05) is 6.61 Å². The average molecular weight is 613 g/mol. The average Bonchev–Trinajstić information content (AvgIpc) is 3.67. The fourth-order valence-corrected chi connectivity index (χ4v) is 5.00. The molecule has 234 valence electrons. The summed E-state index contributed by atoms with van der Waals surface area (Å²) >= 11 is 0. The van der Waals surface area contributed by atoms with Crippen LogP contribution in [-0.4, -0.2) is 64.1 Å². The minimum atomic E-state index is -1.09. The molecule has 11 nitrogen and oxygen atoms in total. The maximum absolute atomic E-state index is 13.9. The first-order valence-electron chi connectivity index (χ1n) is 14.7. The molecule has 1 aliphatic rings. The lowest BCUT2D eigenvalue weighted by Gasteiger charge is -2.25. The molecule has 3 aromatic carbocycles. The first-order valence-corrected chi connectivity index (χ1v) is 14.7. The van der Waals surface area contributed by atoms with Crippen molar-refractivity contribution in [1.29, 1.82) is 0 Å². The summed E-state index contributed by atoms with van der Waals surface area (Å²) in [5, 5.41) is 18.7. The van der Waals surface area contributed by atoms with Crippen molar-refractivity contribution in [3.05, 3.63) is 102 Å². The zero-order valence-electron chi connectivity index (χ0n) is 25.0. The number of hydrogen-bond donors (Lipinski definition) is 5. The van der Waals surface area contributed by atoms with Gasteiger partial charge in [0, 0.05) is 23.5 Å². The lowest BCUT2D eigenvalue weighted by molar-refractivity contribution is -0.133. The normalized spacial score (nSPS) is 17.5. The molecule has 45 heavy (non-hydrogen) atoms. The Hall–Kier alpha value is -5.16. The lowest BCUT2D eigenvalue weighted by Crippen LogP contribution is -2.57. The van der Waals surface area contributed by atoms with Gasteiger partial charge in [-0.15, -0.1) is 0 Å². The van der Waals surface area contributed by atoms with Crippen LogP contribution in [0.4, 0.5) is 4.79 Å². The molecule has 0 bridgehead atoms. The predicted octanol–water partition coefficient (Wildman–Crippen LogP) is 3.30. The number of hydrogen-bond acceptors (Lipinski definition) is 7. The number of carbonyl (C=O) groups excluding carboxylic acids is 4. The molecule has 0 radical (unpaired) electrons. The largest absolute Gasteiger partial charge is 0.508 e. The molecule has 1 aliphatic heterocycles. The Kier molecular flexibility index (Phi) is 9.48. The number of H-pyrrole nitrogens is 1. The van der Waals surface area contributed by atoms with Crippen LogP contribution in [0, 0.1) is 0 Å². The van der Waals surface area contributed by atoms with E-state index in [0.29, 0.717) is 0 Å². The number of epoxide rings is 1. The quantitative estimate of drug-likeness (QED) is 0.145. The van der Waals surface area contributed by atoms with Gasteiger partial charge in [-0.1, -0.05) is 60.7 Å². The molecule has 5 rings (SSSR count). The van der Waals surface area contributed by atoms with Gasteiger partial charge in [0.15, 0.2) is 5.78 Å². The van der Waals surface area contributed by atoms with Gasteiger partial charge in [0.1, 0.15) is 30.0 Å². The van der Waals surface area contributed by atoms with E-state index in [-0.39, 0.29) is 37.6 Å². The summed E-state index contributed by atoms with van der Waals surface area (Å²) in [6.45, 7) is 3.43. The fourth-order valence-electron chi connectivity index (χ4n) is 5.00. The van der Waals surface area contributed by atoms with E-state index >= 15 is 0 Å². The highest BCUT2D eigenvalue weighted by atomic mass is 16.6. The first kappa shape index (κ1) is 31.3. The van der Waals surface area contributed by atoms with E-state index in [9.17, 15) is 24.3 Å². The van der Waals surface area contributed by atoms with E-state index in [1.807, 2.05) is 54.6 Å². The zero-order valence-corrected chi connectivity index (χ0v) is 25.0. The van der Waals surface area contributed by atoms with E-state index in [2.05, 4.69) is 20.9 Å². The number of phenols is 1. The highest BCUT2D eigenvalue weighted by Gasteiger charge is 2.50. The van der Waals surface area contributed by atoms with E-state index in [4.69, 9.17) is 9.47 Å². The number of Topliss-reactive ketones (excluding diaryl/α,β-unsaturated/α-hetero) is 1. The third-order valence-electron chi connectivity index (χ3n) is 7.78. The number of phenolic OH excluding ortho intramolecular Hbond substituents is 1. The van der Waals surface area contributed by atoms with Crippen LogP contribution >= 0.6 is 0 Å². The SMILES string of the molecule is CC(NC(=O)OCc1ccccc1)C(=O)N[C@@H](Cc1c[nH]c2ccccc12)C(=O)NC(Cc1ccc(O)cc1)C(=O)C1(C)CO1. The van der Waals surface area contributed by atoms with Gasteiger partial charge >= 0.3 is 6.09 Å². The maximum atomic E-state index is 13.9. The fraction of sp³-hybridized carbons (Fsp3) is 0.294. The van der Waals surface area contributed by atoms with Gasteiger partial charge in [0.25, 0.3) is 0 Å². The third kappa shape index (κ3) is 8.07. The lowest BCUT2D eigenvalue weighted by atomic mass is 9.94. The van der Waals surface area contributed by atoms with E-state index in [1.54, 1.807) is 25.3 Å². The predicted molar refractivity (Wildman–Crippen MR) is 166 cm³/mol. The van der Waals surface area contributed by atoms with Crippen molar-refractivity contribution in [3.8, 4) is 5.75 Å². The number of ether oxygens (including phenoxy) is 2. The molecule has 0 saturated carbocycles. The second-order valence-electron chi connectivity index (χ2n) is 11.4. The van der Waals surface area contributed by atoms with Gasteiger partial charge < -0.3 is 35.5 Å². The Morgan fingerprint density at radius 1 is 0.867 bits per heavy atom. The molecule has 3 amide bonds. The number of amides is 3.